The van der Waals surface area contributed by atoms with Crippen molar-refractivity contribution in [2.75, 3.05) is 33.7 Å². The smallest absolute Gasteiger partial charge is 0.242 e. The van der Waals surface area contributed by atoms with E-state index in [-0.39, 0.29) is 24.3 Å². The topological polar surface area (TPSA) is 52.7 Å². The van der Waals surface area contributed by atoms with Crippen LogP contribution < -0.4 is 5.32 Å². The third-order valence-corrected chi connectivity index (χ3v) is 4.91. The molecule has 0 aromatic rings. The van der Waals surface area contributed by atoms with Crippen LogP contribution in [0.5, 0.6) is 0 Å². The van der Waals surface area contributed by atoms with Gasteiger partial charge in [0.15, 0.2) is 0 Å². The maximum atomic E-state index is 12.4. The molecule has 21 heavy (non-hydrogen) atoms. The number of carbonyl (C=O) groups is 2. The van der Waals surface area contributed by atoms with E-state index in [0.717, 1.165) is 38.8 Å². The van der Waals surface area contributed by atoms with Crippen molar-refractivity contribution in [1.82, 2.24) is 15.1 Å². The molecule has 0 unspecified atom stereocenters. The summed E-state index contributed by atoms with van der Waals surface area (Å²) in [6.45, 7) is 1.95. The fraction of sp³-hybridized carbons (Fsp3) is 0.875. The van der Waals surface area contributed by atoms with E-state index in [0.29, 0.717) is 6.04 Å². The number of piperidine rings is 1. The highest BCUT2D eigenvalue weighted by Gasteiger charge is 2.27. The Morgan fingerprint density at radius 1 is 1.05 bits per heavy atom. The molecule has 1 aliphatic heterocycles. The first-order chi connectivity index (χ1) is 10.1. The molecular weight excluding hydrogens is 266 g/mol. The molecule has 5 heteroatoms. The molecule has 120 valence electrons. The first kappa shape index (κ1) is 16.3. The summed E-state index contributed by atoms with van der Waals surface area (Å²) in [6, 6.07) is 0.367. The number of likely N-dealkylation sites (N-methyl/N-ethyl adjacent to an activating group) is 2. The van der Waals surface area contributed by atoms with E-state index in [2.05, 4.69) is 5.32 Å². The number of hydrogen-bond donors (Lipinski definition) is 1. The van der Waals surface area contributed by atoms with Gasteiger partial charge < -0.3 is 15.1 Å². The summed E-state index contributed by atoms with van der Waals surface area (Å²) in [7, 11) is 3.64. The van der Waals surface area contributed by atoms with E-state index in [1.54, 1.807) is 11.9 Å². The Kier molecular flexibility index (Phi) is 6.03. The molecule has 1 saturated carbocycles. The minimum atomic E-state index is 0.0385. The summed E-state index contributed by atoms with van der Waals surface area (Å²) in [5, 5.41) is 3.26. The summed E-state index contributed by atoms with van der Waals surface area (Å²) >= 11 is 0. The van der Waals surface area contributed by atoms with Crippen LogP contribution >= 0.6 is 0 Å². The maximum absolute atomic E-state index is 12.4. The predicted molar refractivity (Wildman–Crippen MR) is 82.9 cm³/mol. The van der Waals surface area contributed by atoms with Crippen molar-refractivity contribution in [2.24, 2.45) is 5.92 Å². The number of nitrogens with one attached hydrogen (secondary N) is 1. The van der Waals surface area contributed by atoms with Crippen molar-refractivity contribution >= 4 is 11.8 Å². The zero-order valence-electron chi connectivity index (χ0n) is 13.4. The molecule has 0 radical (unpaired) electrons. The van der Waals surface area contributed by atoms with Gasteiger partial charge in [-0.15, -0.1) is 0 Å². The molecule has 1 aliphatic carbocycles. The van der Waals surface area contributed by atoms with Crippen LogP contribution in [0.25, 0.3) is 0 Å². The van der Waals surface area contributed by atoms with Gasteiger partial charge in [-0.1, -0.05) is 19.3 Å². The van der Waals surface area contributed by atoms with Crippen molar-refractivity contribution in [3.05, 3.63) is 0 Å². The summed E-state index contributed by atoms with van der Waals surface area (Å²) in [5.41, 5.74) is 0. The van der Waals surface area contributed by atoms with Crippen LogP contribution in [0.15, 0.2) is 0 Å². The highest BCUT2D eigenvalue weighted by Crippen LogP contribution is 2.22. The van der Waals surface area contributed by atoms with Gasteiger partial charge in [0, 0.05) is 26.7 Å². The molecule has 0 bridgehead atoms. The van der Waals surface area contributed by atoms with Gasteiger partial charge in [0.25, 0.3) is 0 Å². The maximum Gasteiger partial charge on any atom is 0.242 e. The Hall–Kier alpha value is -1.10. The molecule has 1 atom stereocenters. The summed E-state index contributed by atoms with van der Waals surface area (Å²) in [6.07, 6.45) is 7.89. The lowest BCUT2D eigenvalue weighted by Gasteiger charge is -2.33. The van der Waals surface area contributed by atoms with Crippen molar-refractivity contribution in [2.45, 2.75) is 51.0 Å². The van der Waals surface area contributed by atoms with Crippen molar-refractivity contribution in [3.8, 4) is 0 Å². The lowest BCUT2D eigenvalue weighted by Crippen LogP contribution is -2.47. The van der Waals surface area contributed by atoms with E-state index in [9.17, 15) is 9.59 Å². The Balaban J connectivity index is 1.81. The lowest BCUT2D eigenvalue weighted by molar-refractivity contribution is -0.142. The van der Waals surface area contributed by atoms with Gasteiger partial charge >= 0.3 is 0 Å². The summed E-state index contributed by atoms with van der Waals surface area (Å²) in [5.74, 6) is 0.214. The number of carbonyl (C=O) groups excluding carboxylic acids is 2. The average Bonchev–Trinajstić information content (AvgIpc) is 2.55. The molecular formula is C16H29N3O2. The third kappa shape index (κ3) is 4.43. The van der Waals surface area contributed by atoms with Crippen molar-refractivity contribution in [3.63, 3.8) is 0 Å². The molecule has 1 N–H and O–H groups in total. The third-order valence-electron chi connectivity index (χ3n) is 4.91. The number of rotatable bonds is 4. The first-order valence-corrected chi connectivity index (χ1v) is 8.31. The first-order valence-electron chi connectivity index (χ1n) is 8.31. The standard InChI is InChI=1S/C16H29N3O2/c1-18(16(21)13-7-6-10-17-11-13)12-15(20)19(2)14-8-4-3-5-9-14/h13-14,17H,3-12H2,1-2H3/t13-/m1/s1. The molecule has 0 spiro atoms. The van der Waals surface area contributed by atoms with Gasteiger partial charge in [0.1, 0.15) is 0 Å². The van der Waals surface area contributed by atoms with Gasteiger partial charge in [-0.3, -0.25) is 9.59 Å². The highest BCUT2D eigenvalue weighted by molar-refractivity contribution is 5.86. The molecule has 2 amide bonds. The molecule has 1 saturated heterocycles. The molecule has 5 nitrogen and oxygen atoms in total. The molecule has 2 rings (SSSR count). The van der Waals surface area contributed by atoms with Crippen LogP contribution in [0.2, 0.25) is 0 Å². The van der Waals surface area contributed by atoms with Gasteiger partial charge in [0.05, 0.1) is 12.5 Å². The van der Waals surface area contributed by atoms with Crippen LogP contribution in [0.4, 0.5) is 0 Å². The van der Waals surface area contributed by atoms with Crippen LogP contribution in [-0.4, -0.2) is 61.4 Å². The minimum absolute atomic E-state index is 0.0385. The van der Waals surface area contributed by atoms with E-state index >= 15 is 0 Å². The zero-order valence-corrected chi connectivity index (χ0v) is 13.4. The number of nitrogens with zero attached hydrogens (tertiary/aromatic N) is 2. The Morgan fingerprint density at radius 3 is 2.38 bits per heavy atom. The lowest BCUT2D eigenvalue weighted by atomic mass is 9.94. The predicted octanol–water partition coefficient (Wildman–Crippen LogP) is 1.24. The molecule has 2 fully saturated rings. The van der Waals surface area contributed by atoms with Crippen LogP contribution in [-0.2, 0) is 9.59 Å². The monoisotopic (exact) mass is 295 g/mol. The van der Waals surface area contributed by atoms with Crippen LogP contribution in [0, 0.1) is 5.92 Å². The fourth-order valence-corrected chi connectivity index (χ4v) is 3.44. The second-order valence-corrected chi connectivity index (χ2v) is 6.53. The molecule has 0 aromatic heterocycles. The largest absolute Gasteiger partial charge is 0.341 e. The van der Waals surface area contributed by atoms with Crippen molar-refractivity contribution in [1.29, 1.82) is 0 Å². The molecule has 1 heterocycles. The minimum Gasteiger partial charge on any atom is -0.341 e. The fourth-order valence-electron chi connectivity index (χ4n) is 3.44. The van der Waals surface area contributed by atoms with E-state index in [4.69, 9.17) is 0 Å². The highest BCUT2D eigenvalue weighted by atomic mass is 16.2. The Labute approximate surface area is 128 Å². The second-order valence-electron chi connectivity index (χ2n) is 6.53. The quantitative estimate of drug-likeness (QED) is 0.849. The molecule has 0 aromatic carbocycles. The Bertz CT molecular complexity index is 361. The van der Waals surface area contributed by atoms with Gasteiger partial charge in [0.2, 0.25) is 11.8 Å². The van der Waals surface area contributed by atoms with E-state index in [1.807, 2.05) is 11.9 Å². The van der Waals surface area contributed by atoms with Gasteiger partial charge in [-0.2, -0.15) is 0 Å². The number of hydrogen-bond acceptors (Lipinski definition) is 3. The summed E-state index contributed by atoms with van der Waals surface area (Å²) < 4.78 is 0. The van der Waals surface area contributed by atoms with Crippen LogP contribution in [0.1, 0.15) is 44.9 Å². The van der Waals surface area contributed by atoms with Crippen LogP contribution in [0.3, 0.4) is 0 Å². The van der Waals surface area contributed by atoms with Crippen molar-refractivity contribution < 1.29 is 9.59 Å². The molecule has 2 aliphatic rings. The van der Waals surface area contributed by atoms with E-state index < -0.39 is 0 Å². The van der Waals surface area contributed by atoms with Gasteiger partial charge in [-0.05, 0) is 32.2 Å². The zero-order chi connectivity index (χ0) is 15.2. The second kappa shape index (κ2) is 7.78. The van der Waals surface area contributed by atoms with E-state index in [1.165, 1.54) is 19.3 Å². The average molecular weight is 295 g/mol. The summed E-state index contributed by atoms with van der Waals surface area (Å²) in [4.78, 5) is 28.2. The van der Waals surface area contributed by atoms with Gasteiger partial charge in [-0.25, -0.2) is 0 Å². The SMILES string of the molecule is CN(CC(=O)N(C)C1CCCCC1)C(=O)[C@@H]1CCCNC1. The normalized spacial score (nSPS) is 23.6. The Morgan fingerprint density at radius 2 is 1.76 bits per heavy atom. The number of amides is 2.